The van der Waals surface area contributed by atoms with Crippen molar-refractivity contribution in [2.45, 2.75) is 52.0 Å². The first-order chi connectivity index (χ1) is 12.8. The molecule has 6 nitrogen and oxygen atoms in total. The Bertz CT molecular complexity index is 856. The van der Waals surface area contributed by atoms with Crippen LogP contribution in [0, 0.1) is 5.82 Å². The molecule has 1 aliphatic carbocycles. The summed E-state index contributed by atoms with van der Waals surface area (Å²) in [5, 5.41) is 7.21. The van der Waals surface area contributed by atoms with Gasteiger partial charge in [0.05, 0.1) is 5.69 Å². The summed E-state index contributed by atoms with van der Waals surface area (Å²) in [6, 6.07) is 5.96. The van der Waals surface area contributed by atoms with Crippen molar-refractivity contribution in [3.63, 3.8) is 0 Å². The number of hydrogen-bond donors (Lipinski definition) is 1. The molecule has 0 spiro atoms. The zero-order valence-corrected chi connectivity index (χ0v) is 15.8. The Morgan fingerprint density at radius 2 is 1.96 bits per heavy atom. The molecular weight excluding hydrogens is 349 g/mol. The van der Waals surface area contributed by atoms with Crippen molar-refractivity contribution in [1.82, 2.24) is 15.1 Å². The van der Waals surface area contributed by atoms with Gasteiger partial charge in [0, 0.05) is 16.8 Å². The number of hydrogen-bond acceptors (Lipinski definition) is 4. The Morgan fingerprint density at radius 3 is 2.63 bits per heavy atom. The zero-order valence-electron chi connectivity index (χ0n) is 15.8. The van der Waals surface area contributed by atoms with E-state index in [-0.39, 0.29) is 29.6 Å². The van der Waals surface area contributed by atoms with Crippen molar-refractivity contribution in [2.75, 3.05) is 6.61 Å². The van der Waals surface area contributed by atoms with E-state index in [9.17, 15) is 14.0 Å². The van der Waals surface area contributed by atoms with E-state index < -0.39 is 5.97 Å². The maximum Gasteiger partial charge on any atom is 0.359 e. The zero-order chi connectivity index (χ0) is 19.6. The molecule has 0 radical (unpaired) electrons. The third kappa shape index (κ3) is 4.18. The summed E-state index contributed by atoms with van der Waals surface area (Å²) in [5.74, 6) is -1.29. The van der Waals surface area contributed by atoms with Crippen LogP contribution >= 0.6 is 0 Å². The first-order valence-electron chi connectivity index (χ1n) is 9.15. The number of amides is 1. The van der Waals surface area contributed by atoms with E-state index >= 15 is 0 Å². The van der Waals surface area contributed by atoms with Crippen LogP contribution in [0.2, 0.25) is 0 Å². The third-order valence-corrected chi connectivity index (χ3v) is 4.89. The Hall–Kier alpha value is -2.70. The van der Waals surface area contributed by atoms with Gasteiger partial charge in [0.15, 0.2) is 12.3 Å². The van der Waals surface area contributed by atoms with Crippen LogP contribution in [0.3, 0.4) is 0 Å². The monoisotopic (exact) mass is 373 g/mol. The highest BCUT2D eigenvalue weighted by Gasteiger charge is 2.28. The summed E-state index contributed by atoms with van der Waals surface area (Å²) in [7, 11) is 0. The molecule has 0 saturated carbocycles. The van der Waals surface area contributed by atoms with Crippen LogP contribution in [-0.2, 0) is 22.4 Å². The lowest BCUT2D eigenvalue weighted by atomic mass is 10.0. The summed E-state index contributed by atoms with van der Waals surface area (Å²) in [6.45, 7) is 5.44. The van der Waals surface area contributed by atoms with Crippen molar-refractivity contribution in [3.8, 4) is 5.69 Å². The molecule has 1 heterocycles. The minimum absolute atomic E-state index is 0.231. The smallest absolute Gasteiger partial charge is 0.359 e. The molecule has 2 aromatic rings. The van der Waals surface area contributed by atoms with Crippen molar-refractivity contribution in [1.29, 1.82) is 0 Å². The fourth-order valence-corrected chi connectivity index (χ4v) is 3.10. The number of ether oxygens (including phenoxy) is 1. The predicted molar refractivity (Wildman–Crippen MR) is 98.3 cm³/mol. The molecule has 1 N–H and O–H groups in total. The van der Waals surface area contributed by atoms with Gasteiger partial charge in [-0.15, -0.1) is 0 Å². The van der Waals surface area contributed by atoms with E-state index in [4.69, 9.17) is 4.74 Å². The minimum Gasteiger partial charge on any atom is -0.451 e. The van der Waals surface area contributed by atoms with Crippen LogP contribution in [0.1, 0.15) is 55.4 Å². The highest BCUT2D eigenvalue weighted by atomic mass is 19.1. The van der Waals surface area contributed by atoms with E-state index in [2.05, 4.69) is 10.4 Å². The van der Waals surface area contributed by atoms with Gasteiger partial charge < -0.3 is 10.1 Å². The van der Waals surface area contributed by atoms with E-state index in [0.717, 1.165) is 36.9 Å². The quantitative estimate of drug-likeness (QED) is 0.790. The van der Waals surface area contributed by atoms with Gasteiger partial charge in [-0.25, -0.2) is 13.9 Å². The van der Waals surface area contributed by atoms with Crippen LogP contribution in [-0.4, -0.2) is 33.8 Å². The number of nitrogens with zero attached hydrogens (tertiary/aromatic N) is 2. The minimum atomic E-state index is -0.613. The van der Waals surface area contributed by atoms with Gasteiger partial charge in [0.2, 0.25) is 0 Å². The second-order valence-corrected chi connectivity index (χ2v) is 7.38. The average molecular weight is 373 g/mol. The number of esters is 1. The molecule has 3 rings (SSSR count). The molecule has 1 aromatic heterocycles. The first kappa shape index (κ1) is 19.1. The molecule has 1 aliphatic rings. The second-order valence-electron chi connectivity index (χ2n) is 7.38. The molecule has 144 valence electrons. The maximum atomic E-state index is 13.2. The van der Waals surface area contributed by atoms with Crippen LogP contribution in [0.5, 0.6) is 0 Å². The van der Waals surface area contributed by atoms with Gasteiger partial charge in [-0.1, -0.05) is 6.92 Å². The molecule has 0 bridgehead atoms. The fraction of sp³-hybridized carbons (Fsp3) is 0.450. The molecule has 1 amide bonds. The van der Waals surface area contributed by atoms with Crippen LogP contribution < -0.4 is 5.32 Å². The highest BCUT2D eigenvalue weighted by molar-refractivity contribution is 5.91. The topological polar surface area (TPSA) is 73.2 Å². The van der Waals surface area contributed by atoms with Crippen molar-refractivity contribution < 1.29 is 18.7 Å². The number of fused-ring (bicyclic) bond motifs is 1. The van der Waals surface area contributed by atoms with Gasteiger partial charge in [-0.05, 0) is 63.8 Å². The summed E-state index contributed by atoms with van der Waals surface area (Å²) in [6.07, 6.45) is 3.20. The molecular formula is C20H24FN3O3. The molecule has 0 unspecified atom stereocenters. The van der Waals surface area contributed by atoms with Gasteiger partial charge in [-0.2, -0.15) is 5.10 Å². The average Bonchev–Trinajstić information content (AvgIpc) is 3.23. The SMILES string of the molecule is CCC(C)(C)NC(=O)COC(=O)c1nn(-c2ccc(F)cc2)c2c1CCC2. The molecule has 1 aromatic carbocycles. The number of carbonyl (C=O) groups excluding carboxylic acids is 2. The summed E-state index contributed by atoms with van der Waals surface area (Å²) in [5.41, 5.74) is 2.35. The number of aromatic nitrogens is 2. The Morgan fingerprint density at radius 1 is 1.26 bits per heavy atom. The molecule has 27 heavy (non-hydrogen) atoms. The molecule has 0 saturated heterocycles. The van der Waals surface area contributed by atoms with Gasteiger partial charge in [0.1, 0.15) is 5.82 Å². The molecule has 0 fully saturated rings. The standard InChI is InChI=1S/C20H24FN3O3/c1-4-20(2,3)22-17(25)12-27-19(26)18-15-6-5-7-16(15)24(23-18)14-10-8-13(21)9-11-14/h8-11H,4-7,12H2,1-3H3,(H,22,25). The first-order valence-corrected chi connectivity index (χ1v) is 9.15. The molecule has 0 aliphatic heterocycles. The normalized spacial score (nSPS) is 13.3. The third-order valence-electron chi connectivity index (χ3n) is 4.89. The molecule has 0 atom stereocenters. The van der Waals surface area contributed by atoms with Crippen molar-refractivity contribution >= 4 is 11.9 Å². The van der Waals surface area contributed by atoms with E-state index in [1.165, 1.54) is 12.1 Å². The van der Waals surface area contributed by atoms with Crippen molar-refractivity contribution in [2.24, 2.45) is 0 Å². The molecule has 7 heteroatoms. The Balaban J connectivity index is 1.75. The summed E-state index contributed by atoms with van der Waals surface area (Å²) < 4.78 is 20.0. The Kier molecular flexibility index (Phi) is 5.30. The maximum absolute atomic E-state index is 13.2. The number of rotatable bonds is 6. The predicted octanol–water partition coefficient (Wildman–Crippen LogP) is 2.96. The van der Waals surface area contributed by atoms with E-state index in [1.807, 2.05) is 20.8 Å². The number of halogens is 1. The van der Waals surface area contributed by atoms with E-state index in [1.54, 1.807) is 16.8 Å². The summed E-state index contributed by atoms with van der Waals surface area (Å²) in [4.78, 5) is 24.5. The Labute approximate surface area is 157 Å². The van der Waals surface area contributed by atoms with Gasteiger partial charge in [-0.3, -0.25) is 4.79 Å². The second kappa shape index (κ2) is 7.50. The van der Waals surface area contributed by atoms with Crippen LogP contribution in [0.25, 0.3) is 5.69 Å². The van der Waals surface area contributed by atoms with Gasteiger partial charge >= 0.3 is 5.97 Å². The highest BCUT2D eigenvalue weighted by Crippen LogP contribution is 2.28. The number of carbonyl (C=O) groups is 2. The fourth-order valence-electron chi connectivity index (χ4n) is 3.10. The van der Waals surface area contributed by atoms with Crippen molar-refractivity contribution in [3.05, 3.63) is 47.0 Å². The lowest BCUT2D eigenvalue weighted by molar-refractivity contribution is -0.125. The lowest BCUT2D eigenvalue weighted by Crippen LogP contribution is -2.44. The number of benzene rings is 1. The van der Waals surface area contributed by atoms with E-state index in [0.29, 0.717) is 5.69 Å². The number of nitrogens with one attached hydrogen (secondary N) is 1. The lowest BCUT2D eigenvalue weighted by Gasteiger charge is -2.24. The van der Waals surface area contributed by atoms with Crippen LogP contribution in [0.4, 0.5) is 4.39 Å². The largest absolute Gasteiger partial charge is 0.451 e. The van der Waals surface area contributed by atoms with Crippen LogP contribution in [0.15, 0.2) is 24.3 Å². The van der Waals surface area contributed by atoms with Gasteiger partial charge in [0.25, 0.3) is 5.91 Å². The summed E-state index contributed by atoms with van der Waals surface area (Å²) >= 11 is 0.